The van der Waals surface area contributed by atoms with E-state index >= 15 is 0 Å². The van der Waals surface area contributed by atoms with Gasteiger partial charge in [-0.25, -0.2) is 4.39 Å². The highest BCUT2D eigenvalue weighted by molar-refractivity contribution is 6.14. The van der Waals surface area contributed by atoms with Crippen molar-refractivity contribution >= 4 is 17.7 Å². The number of Topliss-reactive ketones (excluding diaryl/α,β-unsaturated/α-hetero) is 1. The second-order valence-corrected chi connectivity index (χ2v) is 5.51. The number of carbonyl (C=O) groups is 1. The lowest BCUT2D eigenvalue weighted by atomic mass is 9.77. The maximum Gasteiger partial charge on any atom is 0.168 e. The van der Waals surface area contributed by atoms with E-state index in [0.717, 1.165) is 0 Å². The molecule has 0 heterocycles. The lowest BCUT2D eigenvalue weighted by Gasteiger charge is -2.28. The Morgan fingerprint density at radius 1 is 1.32 bits per heavy atom. The Labute approximate surface area is 111 Å². The number of rotatable bonds is 2. The first-order chi connectivity index (χ1) is 8.89. The fourth-order valence-corrected chi connectivity index (χ4v) is 2.14. The molecule has 0 saturated carbocycles. The Hall–Kier alpha value is -1.97. The van der Waals surface area contributed by atoms with Crippen LogP contribution in [0.1, 0.15) is 26.7 Å². The predicted molar refractivity (Wildman–Crippen MR) is 72.2 cm³/mol. The standard InChI is InChI=1S/C15H16FNO2/c1-15(2)7-13(18)10(14(19)8-15)9-17-12-6-4-3-5-11(12)16/h3-6,9,18H,7-8H2,1-2H3. The largest absolute Gasteiger partial charge is 0.511 e. The van der Waals surface area contributed by atoms with Crippen LogP contribution in [0.3, 0.4) is 0 Å². The maximum absolute atomic E-state index is 13.4. The summed E-state index contributed by atoms with van der Waals surface area (Å²) in [6, 6.07) is 6.04. The fraction of sp³-hybridized carbons (Fsp3) is 0.333. The summed E-state index contributed by atoms with van der Waals surface area (Å²) in [4.78, 5) is 15.9. The number of carbonyl (C=O) groups excluding carboxylic acids is 1. The van der Waals surface area contributed by atoms with Crippen molar-refractivity contribution < 1.29 is 14.3 Å². The Morgan fingerprint density at radius 2 is 2.00 bits per heavy atom. The van der Waals surface area contributed by atoms with Gasteiger partial charge in [0.05, 0.1) is 11.3 Å². The Balaban J connectivity index is 2.28. The molecule has 1 aliphatic carbocycles. The molecule has 0 aliphatic heterocycles. The SMILES string of the molecule is CC1(C)CC(=O)C(C=Nc2ccccc2F)=C(O)C1. The average molecular weight is 261 g/mol. The first-order valence-corrected chi connectivity index (χ1v) is 6.13. The molecule has 0 unspecified atom stereocenters. The van der Waals surface area contributed by atoms with Gasteiger partial charge < -0.3 is 5.11 Å². The molecule has 4 heteroatoms. The van der Waals surface area contributed by atoms with Crippen LogP contribution in [0.25, 0.3) is 0 Å². The molecule has 1 aromatic carbocycles. The van der Waals surface area contributed by atoms with Gasteiger partial charge in [-0.3, -0.25) is 9.79 Å². The Bertz CT molecular complexity index is 573. The minimum Gasteiger partial charge on any atom is -0.511 e. The van der Waals surface area contributed by atoms with Gasteiger partial charge in [0.15, 0.2) is 5.78 Å². The molecule has 0 saturated heterocycles. The van der Waals surface area contributed by atoms with E-state index in [4.69, 9.17) is 0 Å². The molecule has 1 aliphatic rings. The number of aliphatic imine (C=N–C) groups is 1. The number of aliphatic hydroxyl groups is 1. The summed E-state index contributed by atoms with van der Waals surface area (Å²) in [6.07, 6.45) is 2.04. The maximum atomic E-state index is 13.4. The van der Waals surface area contributed by atoms with Crippen LogP contribution in [0.4, 0.5) is 10.1 Å². The monoisotopic (exact) mass is 261 g/mol. The zero-order valence-electron chi connectivity index (χ0n) is 11.0. The van der Waals surface area contributed by atoms with Gasteiger partial charge in [0.1, 0.15) is 11.6 Å². The Kier molecular flexibility index (Phi) is 3.51. The number of hydrogen-bond acceptors (Lipinski definition) is 3. The summed E-state index contributed by atoms with van der Waals surface area (Å²) in [5.41, 5.74) is 0.0965. The first-order valence-electron chi connectivity index (χ1n) is 6.13. The van der Waals surface area contributed by atoms with Crippen molar-refractivity contribution in [3.05, 3.63) is 41.4 Å². The highest BCUT2D eigenvalue weighted by atomic mass is 19.1. The summed E-state index contributed by atoms with van der Waals surface area (Å²) < 4.78 is 13.4. The van der Waals surface area contributed by atoms with Gasteiger partial charge in [-0.1, -0.05) is 26.0 Å². The quantitative estimate of drug-likeness (QED) is 0.825. The molecule has 0 bridgehead atoms. The van der Waals surface area contributed by atoms with Gasteiger partial charge in [0.25, 0.3) is 0 Å². The van der Waals surface area contributed by atoms with Crippen LogP contribution in [-0.2, 0) is 4.79 Å². The van der Waals surface area contributed by atoms with E-state index in [2.05, 4.69) is 4.99 Å². The summed E-state index contributed by atoms with van der Waals surface area (Å²) in [5.74, 6) is -0.586. The van der Waals surface area contributed by atoms with Crippen molar-refractivity contribution in [3.63, 3.8) is 0 Å². The summed E-state index contributed by atoms with van der Waals surface area (Å²) in [5, 5.41) is 9.90. The second-order valence-electron chi connectivity index (χ2n) is 5.51. The van der Waals surface area contributed by atoms with E-state index in [1.165, 1.54) is 18.3 Å². The molecule has 0 radical (unpaired) electrons. The molecule has 1 N–H and O–H groups in total. The van der Waals surface area contributed by atoms with Crippen LogP contribution >= 0.6 is 0 Å². The van der Waals surface area contributed by atoms with Crippen molar-refractivity contribution in [2.75, 3.05) is 0 Å². The third-order valence-electron chi connectivity index (χ3n) is 3.08. The number of hydrogen-bond donors (Lipinski definition) is 1. The van der Waals surface area contributed by atoms with Crippen molar-refractivity contribution in [1.29, 1.82) is 0 Å². The van der Waals surface area contributed by atoms with Crippen molar-refractivity contribution in [2.45, 2.75) is 26.7 Å². The van der Waals surface area contributed by atoms with Gasteiger partial charge in [-0.15, -0.1) is 0 Å². The molecule has 100 valence electrons. The highest BCUT2D eigenvalue weighted by Crippen LogP contribution is 2.35. The number of nitrogens with zero attached hydrogens (tertiary/aromatic N) is 1. The lowest BCUT2D eigenvalue weighted by molar-refractivity contribution is -0.117. The zero-order valence-corrected chi connectivity index (χ0v) is 11.0. The smallest absolute Gasteiger partial charge is 0.168 e. The van der Waals surface area contributed by atoms with Crippen molar-refractivity contribution in [3.8, 4) is 0 Å². The van der Waals surface area contributed by atoms with Crippen LogP contribution in [0.2, 0.25) is 0 Å². The van der Waals surface area contributed by atoms with E-state index in [1.54, 1.807) is 12.1 Å². The van der Waals surface area contributed by atoms with Gasteiger partial charge in [0.2, 0.25) is 0 Å². The van der Waals surface area contributed by atoms with E-state index in [0.29, 0.717) is 12.8 Å². The molecule has 0 aromatic heterocycles. The van der Waals surface area contributed by atoms with Gasteiger partial charge in [-0.05, 0) is 17.5 Å². The molecule has 0 atom stereocenters. The Morgan fingerprint density at radius 3 is 2.63 bits per heavy atom. The number of aliphatic hydroxyl groups excluding tert-OH is 1. The number of benzene rings is 1. The number of halogens is 1. The topological polar surface area (TPSA) is 49.7 Å². The van der Waals surface area contributed by atoms with Crippen LogP contribution in [0, 0.1) is 11.2 Å². The molecular formula is C15H16FNO2. The lowest BCUT2D eigenvalue weighted by Crippen LogP contribution is -2.26. The van der Waals surface area contributed by atoms with Crippen molar-refractivity contribution in [2.24, 2.45) is 10.4 Å². The molecule has 3 nitrogen and oxygen atoms in total. The third-order valence-corrected chi connectivity index (χ3v) is 3.08. The number of para-hydroxylation sites is 1. The van der Waals surface area contributed by atoms with Crippen molar-refractivity contribution in [1.82, 2.24) is 0 Å². The molecule has 19 heavy (non-hydrogen) atoms. The van der Waals surface area contributed by atoms with E-state index < -0.39 is 5.82 Å². The highest BCUT2D eigenvalue weighted by Gasteiger charge is 2.32. The first kappa shape index (κ1) is 13.5. The van der Waals surface area contributed by atoms with E-state index in [-0.39, 0.29) is 28.2 Å². The molecule has 2 rings (SSSR count). The van der Waals surface area contributed by atoms with Crippen LogP contribution in [-0.4, -0.2) is 17.1 Å². The second kappa shape index (κ2) is 4.96. The molecule has 1 aromatic rings. The third kappa shape index (κ3) is 3.08. The summed E-state index contributed by atoms with van der Waals surface area (Å²) in [6.45, 7) is 3.85. The number of ketones is 1. The summed E-state index contributed by atoms with van der Waals surface area (Å²) in [7, 11) is 0. The molecule has 0 spiro atoms. The van der Waals surface area contributed by atoms with E-state index in [9.17, 15) is 14.3 Å². The molecule has 0 fully saturated rings. The normalized spacial score (nSPS) is 19.2. The van der Waals surface area contributed by atoms with Gasteiger partial charge >= 0.3 is 0 Å². The van der Waals surface area contributed by atoms with Gasteiger partial charge in [0, 0.05) is 19.1 Å². The van der Waals surface area contributed by atoms with Crippen LogP contribution in [0.15, 0.2) is 40.6 Å². The van der Waals surface area contributed by atoms with Crippen LogP contribution < -0.4 is 0 Å². The van der Waals surface area contributed by atoms with Gasteiger partial charge in [-0.2, -0.15) is 0 Å². The fourth-order valence-electron chi connectivity index (χ4n) is 2.14. The number of allylic oxidation sites excluding steroid dienone is 2. The minimum absolute atomic E-state index is 0.0290. The predicted octanol–water partition coefficient (Wildman–Crippen LogP) is 3.73. The average Bonchev–Trinajstić information content (AvgIpc) is 2.28. The molecule has 0 amide bonds. The zero-order chi connectivity index (χ0) is 14.0. The molecular weight excluding hydrogens is 245 g/mol. The van der Waals surface area contributed by atoms with E-state index in [1.807, 2.05) is 13.8 Å². The van der Waals surface area contributed by atoms with Crippen LogP contribution in [0.5, 0.6) is 0 Å². The minimum atomic E-state index is -0.456. The summed E-state index contributed by atoms with van der Waals surface area (Å²) >= 11 is 0.